The van der Waals surface area contributed by atoms with E-state index >= 15 is 0 Å². The molecular formula is C14H16ClNO5. The number of halogens is 1. The van der Waals surface area contributed by atoms with E-state index in [1.54, 1.807) is 6.07 Å². The second-order valence-electron chi connectivity index (χ2n) is 4.91. The molecule has 7 heteroatoms. The Hall–Kier alpha value is -1.79. The summed E-state index contributed by atoms with van der Waals surface area (Å²) in [5, 5.41) is 19.1. The molecule has 0 bridgehead atoms. The maximum absolute atomic E-state index is 12.5. The minimum absolute atomic E-state index is 0.0266. The number of benzene rings is 1. The van der Waals surface area contributed by atoms with Gasteiger partial charge in [-0.15, -0.1) is 0 Å². The Kier molecular flexibility index (Phi) is 4.69. The fourth-order valence-electron chi connectivity index (χ4n) is 2.39. The first-order chi connectivity index (χ1) is 9.92. The molecule has 1 aliphatic rings. The maximum Gasteiger partial charge on any atom is 0.326 e. The van der Waals surface area contributed by atoms with Crippen LogP contribution in [0.4, 0.5) is 0 Å². The van der Waals surface area contributed by atoms with Crippen LogP contribution in [0.3, 0.4) is 0 Å². The number of nitrogens with zero attached hydrogens (tertiary/aromatic N) is 1. The molecule has 2 N–H and O–H groups in total. The van der Waals surface area contributed by atoms with E-state index < -0.39 is 24.0 Å². The van der Waals surface area contributed by atoms with E-state index in [1.165, 1.54) is 24.1 Å². The summed E-state index contributed by atoms with van der Waals surface area (Å²) in [5.74, 6) is -1.14. The lowest BCUT2D eigenvalue weighted by Crippen LogP contribution is -2.51. The number of carboxylic acids is 1. The number of aliphatic hydroxyl groups is 1. The van der Waals surface area contributed by atoms with Gasteiger partial charge in [-0.2, -0.15) is 0 Å². The Balaban J connectivity index is 2.29. The van der Waals surface area contributed by atoms with Gasteiger partial charge in [0.25, 0.3) is 5.91 Å². The number of carbonyl (C=O) groups is 2. The van der Waals surface area contributed by atoms with Crippen LogP contribution in [0.25, 0.3) is 0 Å². The van der Waals surface area contributed by atoms with E-state index in [0.717, 1.165) is 0 Å². The summed E-state index contributed by atoms with van der Waals surface area (Å²) >= 11 is 5.93. The van der Waals surface area contributed by atoms with Gasteiger partial charge in [-0.3, -0.25) is 4.79 Å². The Morgan fingerprint density at radius 1 is 1.38 bits per heavy atom. The summed E-state index contributed by atoms with van der Waals surface area (Å²) in [7, 11) is 1.46. The predicted octanol–water partition coefficient (Wildman–Crippen LogP) is 1.40. The molecule has 2 atom stereocenters. The number of hydrogen-bond donors (Lipinski definition) is 2. The van der Waals surface area contributed by atoms with Gasteiger partial charge in [0.2, 0.25) is 0 Å². The van der Waals surface area contributed by atoms with Gasteiger partial charge < -0.3 is 19.8 Å². The average molecular weight is 314 g/mol. The van der Waals surface area contributed by atoms with Crippen LogP contribution in [0.5, 0.6) is 5.75 Å². The average Bonchev–Trinajstić information content (AvgIpc) is 2.45. The molecule has 0 spiro atoms. The minimum Gasteiger partial charge on any atom is -0.497 e. The van der Waals surface area contributed by atoms with Crippen molar-refractivity contribution in [2.75, 3.05) is 13.7 Å². The van der Waals surface area contributed by atoms with Gasteiger partial charge in [-0.1, -0.05) is 11.6 Å². The highest BCUT2D eigenvalue weighted by atomic mass is 35.5. The van der Waals surface area contributed by atoms with E-state index in [-0.39, 0.29) is 18.5 Å². The van der Waals surface area contributed by atoms with Crippen molar-refractivity contribution in [1.29, 1.82) is 0 Å². The number of likely N-dealkylation sites (tertiary alicyclic amines) is 1. The largest absolute Gasteiger partial charge is 0.497 e. The standard InChI is InChI=1S/C14H16ClNO5/c1-21-11-5-8(4-9(15)6-11)13(18)16-3-2-10(17)7-12(16)14(19)20/h4-6,10,12,17H,2-3,7H2,1H3,(H,19,20)/t10-,12+/m0/s1. The van der Waals surface area contributed by atoms with Gasteiger partial charge in [-0.05, 0) is 24.6 Å². The van der Waals surface area contributed by atoms with Crippen molar-refractivity contribution in [3.05, 3.63) is 28.8 Å². The summed E-state index contributed by atoms with van der Waals surface area (Å²) in [5.41, 5.74) is 0.266. The number of methoxy groups -OCH3 is 1. The van der Waals surface area contributed by atoms with Crippen LogP contribution < -0.4 is 4.74 Å². The molecule has 0 aliphatic carbocycles. The Morgan fingerprint density at radius 2 is 2.10 bits per heavy atom. The first-order valence-electron chi connectivity index (χ1n) is 6.48. The van der Waals surface area contributed by atoms with Gasteiger partial charge in [0, 0.05) is 23.6 Å². The van der Waals surface area contributed by atoms with E-state index in [9.17, 15) is 19.8 Å². The van der Waals surface area contributed by atoms with Crippen LogP contribution in [0.2, 0.25) is 5.02 Å². The summed E-state index contributed by atoms with van der Waals surface area (Å²) < 4.78 is 5.05. The van der Waals surface area contributed by atoms with E-state index in [0.29, 0.717) is 17.2 Å². The molecule has 1 aliphatic heterocycles. The van der Waals surface area contributed by atoms with Crippen LogP contribution in [-0.4, -0.2) is 52.8 Å². The number of ether oxygens (including phenoxy) is 1. The maximum atomic E-state index is 12.5. The third kappa shape index (κ3) is 3.46. The van der Waals surface area contributed by atoms with Gasteiger partial charge in [0.05, 0.1) is 13.2 Å². The highest BCUT2D eigenvalue weighted by molar-refractivity contribution is 6.31. The zero-order valence-corrected chi connectivity index (χ0v) is 12.2. The van der Waals surface area contributed by atoms with Gasteiger partial charge in [-0.25, -0.2) is 4.79 Å². The van der Waals surface area contributed by atoms with E-state index in [1.807, 2.05) is 0 Å². The molecule has 0 unspecified atom stereocenters. The number of hydrogen-bond acceptors (Lipinski definition) is 4. The van der Waals surface area contributed by atoms with Crippen molar-refractivity contribution in [3.63, 3.8) is 0 Å². The number of aliphatic hydroxyl groups excluding tert-OH is 1. The second-order valence-corrected chi connectivity index (χ2v) is 5.35. The first kappa shape index (κ1) is 15.6. The lowest BCUT2D eigenvalue weighted by atomic mass is 9.98. The minimum atomic E-state index is -1.13. The predicted molar refractivity (Wildman–Crippen MR) is 75.7 cm³/mol. The topological polar surface area (TPSA) is 87.1 Å². The van der Waals surface area contributed by atoms with Gasteiger partial charge in [0.1, 0.15) is 11.8 Å². The first-order valence-corrected chi connectivity index (χ1v) is 6.86. The molecule has 1 aromatic carbocycles. The van der Waals surface area contributed by atoms with Crippen molar-refractivity contribution < 1.29 is 24.5 Å². The molecule has 6 nitrogen and oxygen atoms in total. The lowest BCUT2D eigenvalue weighted by molar-refractivity contribution is -0.145. The highest BCUT2D eigenvalue weighted by Gasteiger charge is 2.36. The molecule has 2 rings (SSSR count). The number of carbonyl (C=O) groups excluding carboxylic acids is 1. The summed E-state index contributed by atoms with van der Waals surface area (Å²) in [4.78, 5) is 25.0. The lowest BCUT2D eigenvalue weighted by Gasteiger charge is -2.35. The fourth-order valence-corrected chi connectivity index (χ4v) is 2.62. The normalized spacial score (nSPS) is 22.0. The van der Waals surface area contributed by atoms with E-state index in [2.05, 4.69) is 0 Å². The van der Waals surface area contributed by atoms with Crippen LogP contribution >= 0.6 is 11.6 Å². The summed E-state index contributed by atoms with van der Waals surface area (Å²) in [6.07, 6.45) is -0.324. The molecule has 21 heavy (non-hydrogen) atoms. The smallest absolute Gasteiger partial charge is 0.326 e. The number of amides is 1. The number of piperidine rings is 1. The quantitative estimate of drug-likeness (QED) is 0.880. The molecule has 1 amide bonds. The molecule has 1 aromatic rings. The molecule has 1 saturated heterocycles. The third-order valence-electron chi connectivity index (χ3n) is 3.47. The zero-order chi connectivity index (χ0) is 15.6. The Labute approximate surface area is 126 Å². The number of carboxylic acid groups (broad SMARTS) is 1. The molecule has 1 fully saturated rings. The van der Waals surface area contributed by atoms with Crippen LogP contribution in [0, 0.1) is 0 Å². The van der Waals surface area contributed by atoms with Gasteiger partial charge in [0.15, 0.2) is 0 Å². The van der Waals surface area contributed by atoms with Crippen molar-refractivity contribution in [1.82, 2.24) is 4.90 Å². The molecule has 0 radical (unpaired) electrons. The summed E-state index contributed by atoms with van der Waals surface area (Å²) in [6.45, 7) is 0.186. The molecule has 1 heterocycles. The van der Waals surface area contributed by atoms with Crippen molar-refractivity contribution in [2.24, 2.45) is 0 Å². The monoisotopic (exact) mass is 313 g/mol. The zero-order valence-electron chi connectivity index (χ0n) is 11.5. The van der Waals surface area contributed by atoms with Crippen LogP contribution in [0.15, 0.2) is 18.2 Å². The fraction of sp³-hybridized carbons (Fsp3) is 0.429. The van der Waals surface area contributed by atoms with Crippen LogP contribution in [-0.2, 0) is 4.79 Å². The van der Waals surface area contributed by atoms with Crippen LogP contribution in [0.1, 0.15) is 23.2 Å². The Bertz CT molecular complexity index is 562. The molecular weight excluding hydrogens is 298 g/mol. The van der Waals surface area contributed by atoms with Crippen molar-refractivity contribution >= 4 is 23.5 Å². The Morgan fingerprint density at radius 3 is 2.71 bits per heavy atom. The number of rotatable bonds is 3. The third-order valence-corrected chi connectivity index (χ3v) is 3.69. The summed E-state index contributed by atoms with van der Waals surface area (Å²) in [6, 6.07) is 3.51. The number of aliphatic carboxylic acids is 1. The highest BCUT2D eigenvalue weighted by Crippen LogP contribution is 2.25. The molecule has 114 valence electrons. The van der Waals surface area contributed by atoms with Crippen molar-refractivity contribution in [2.45, 2.75) is 25.0 Å². The van der Waals surface area contributed by atoms with E-state index in [4.69, 9.17) is 16.3 Å². The molecule has 0 aromatic heterocycles. The SMILES string of the molecule is COc1cc(Cl)cc(C(=O)N2CC[C@H](O)C[C@@H]2C(=O)O)c1. The van der Waals surface area contributed by atoms with Gasteiger partial charge >= 0.3 is 5.97 Å². The second kappa shape index (κ2) is 6.32. The molecule has 0 saturated carbocycles. The van der Waals surface area contributed by atoms with Crippen molar-refractivity contribution in [3.8, 4) is 5.75 Å².